The van der Waals surface area contributed by atoms with Crippen molar-refractivity contribution in [1.82, 2.24) is 10.2 Å². The molecule has 1 aliphatic rings. The van der Waals surface area contributed by atoms with Gasteiger partial charge in [0, 0.05) is 43.8 Å². The Labute approximate surface area is 149 Å². The molecular formula is C18H29N3O2S. The Kier molecular flexibility index (Phi) is 7.09. The smallest absolute Gasteiger partial charge is 0.193 e. The summed E-state index contributed by atoms with van der Waals surface area (Å²) in [5.74, 6) is 3.72. The molecule has 6 heteroatoms. The molecule has 1 atom stereocenters. The molecule has 0 bridgehead atoms. The lowest BCUT2D eigenvalue weighted by Gasteiger charge is -2.36. The number of guanidine groups is 1. The summed E-state index contributed by atoms with van der Waals surface area (Å²) in [7, 11) is 3.43. The third kappa shape index (κ3) is 4.97. The first-order valence-electron chi connectivity index (χ1n) is 8.48. The molecule has 0 aromatic heterocycles. The van der Waals surface area contributed by atoms with Gasteiger partial charge in [-0.1, -0.05) is 19.9 Å². The van der Waals surface area contributed by atoms with E-state index in [2.05, 4.69) is 40.8 Å². The Balaban J connectivity index is 1.88. The molecule has 2 N–H and O–H groups in total. The lowest BCUT2D eigenvalue weighted by atomic mass is 10.1. The Bertz CT molecular complexity index is 563. The first-order valence-corrected chi connectivity index (χ1v) is 9.53. The predicted octanol–water partition coefficient (Wildman–Crippen LogP) is 2.59. The van der Waals surface area contributed by atoms with E-state index in [0.717, 1.165) is 43.3 Å². The van der Waals surface area contributed by atoms with E-state index in [4.69, 9.17) is 4.74 Å². The van der Waals surface area contributed by atoms with Crippen LogP contribution in [0.4, 0.5) is 0 Å². The molecule has 5 nitrogen and oxygen atoms in total. The largest absolute Gasteiger partial charge is 0.508 e. The number of ether oxygens (including phenoxy) is 1. The molecule has 0 spiro atoms. The number of nitrogens with one attached hydrogen (secondary N) is 1. The number of benzene rings is 1. The number of phenols is 1. The number of thioether (sulfide) groups is 1. The molecule has 1 unspecified atom stereocenters. The molecule has 1 saturated heterocycles. The van der Waals surface area contributed by atoms with Crippen molar-refractivity contribution in [1.29, 1.82) is 0 Å². The standard InChI is InChI=1S/C18H29N3O2S/c1-13(2)17-12-21(9-10-24-17)18(19-3)20-8-7-14-5-6-15(23-4)11-16(14)22/h5-6,11,13,17,22H,7-10,12H2,1-4H3,(H,19,20). The average Bonchev–Trinajstić information content (AvgIpc) is 2.60. The Hall–Kier alpha value is -1.56. The number of phenolic OH excluding ortho intramolecular Hbond substituents is 1. The van der Waals surface area contributed by atoms with Crippen LogP contribution in [0.2, 0.25) is 0 Å². The molecule has 0 radical (unpaired) electrons. The number of aromatic hydroxyl groups is 1. The van der Waals surface area contributed by atoms with Gasteiger partial charge in [-0.15, -0.1) is 0 Å². The van der Waals surface area contributed by atoms with Crippen molar-refractivity contribution in [3.63, 3.8) is 0 Å². The lowest BCUT2D eigenvalue weighted by Crippen LogP contribution is -2.49. The highest BCUT2D eigenvalue weighted by Gasteiger charge is 2.24. The minimum atomic E-state index is 0.278. The highest BCUT2D eigenvalue weighted by molar-refractivity contribution is 8.00. The molecule has 0 saturated carbocycles. The number of aliphatic imine (C=N–C) groups is 1. The van der Waals surface area contributed by atoms with Crippen molar-refractivity contribution in [2.75, 3.05) is 39.5 Å². The van der Waals surface area contributed by atoms with Gasteiger partial charge in [0.15, 0.2) is 5.96 Å². The Morgan fingerprint density at radius 2 is 2.29 bits per heavy atom. The minimum Gasteiger partial charge on any atom is -0.508 e. The van der Waals surface area contributed by atoms with E-state index in [-0.39, 0.29) is 5.75 Å². The van der Waals surface area contributed by atoms with Crippen molar-refractivity contribution in [2.45, 2.75) is 25.5 Å². The fraction of sp³-hybridized carbons (Fsp3) is 0.611. The Morgan fingerprint density at radius 1 is 1.50 bits per heavy atom. The van der Waals surface area contributed by atoms with Gasteiger partial charge in [-0.3, -0.25) is 4.99 Å². The second kappa shape index (κ2) is 9.06. The van der Waals surface area contributed by atoms with Gasteiger partial charge in [0.2, 0.25) is 0 Å². The number of hydrogen-bond donors (Lipinski definition) is 2. The van der Waals surface area contributed by atoms with Gasteiger partial charge in [-0.05, 0) is 24.0 Å². The van der Waals surface area contributed by atoms with Crippen molar-refractivity contribution in [3.8, 4) is 11.5 Å². The van der Waals surface area contributed by atoms with Gasteiger partial charge in [-0.25, -0.2) is 0 Å². The summed E-state index contributed by atoms with van der Waals surface area (Å²) >= 11 is 2.06. The maximum atomic E-state index is 10.0. The number of nitrogens with zero attached hydrogens (tertiary/aromatic N) is 2. The molecule has 0 amide bonds. The van der Waals surface area contributed by atoms with Crippen LogP contribution in [0.1, 0.15) is 19.4 Å². The third-order valence-corrected chi connectivity index (χ3v) is 5.86. The molecule has 1 heterocycles. The fourth-order valence-corrected chi connectivity index (χ4v) is 4.09. The predicted molar refractivity (Wildman–Crippen MR) is 102 cm³/mol. The van der Waals surface area contributed by atoms with Crippen LogP contribution in [0.15, 0.2) is 23.2 Å². The molecule has 134 valence electrons. The van der Waals surface area contributed by atoms with E-state index < -0.39 is 0 Å². The van der Waals surface area contributed by atoms with Gasteiger partial charge in [0.1, 0.15) is 11.5 Å². The second-order valence-corrected chi connectivity index (χ2v) is 7.66. The molecule has 0 aliphatic carbocycles. The van der Waals surface area contributed by atoms with Crippen LogP contribution in [0.3, 0.4) is 0 Å². The van der Waals surface area contributed by atoms with E-state index in [1.54, 1.807) is 13.2 Å². The first-order chi connectivity index (χ1) is 11.5. The molecule has 1 fully saturated rings. The summed E-state index contributed by atoms with van der Waals surface area (Å²) < 4.78 is 5.12. The topological polar surface area (TPSA) is 57.1 Å². The van der Waals surface area contributed by atoms with Crippen molar-refractivity contribution >= 4 is 17.7 Å². The molecule has 1 aromatic carbocycles. The molecule has 24 heavy (non-hydrogen) atoms. The van der Waals surface area contributed by atoms with E-state index >= 15 is 0 Å². The summed E-state index contributed by atoms with van der Waals surface area (Å²) in [6, 6.07) is 5.43. The number of rotatable bonds is 5. The van der Waals surface area contributed by atoms with Crippen LogP contribution in [0.25, 0.3) is 0 Å². The average molecular weight is 352 g/mol. The fourth-order valence-electron chi connectivity index (χ4n) is 2.79. The second-order valence-electron chi connectivity index (χ2n) is 6.32. The minimum absolute atomic E-state index is 0.278. The maximum absolute atomic E-state index is 10.0. The summed E-state index contributed by atoms with van der Waals surface area (Å²) in [5, 5.41) is 14.1. The summed E-state index contributed by atoms with van der Waals surface area (Å²) in [6.45, 7) is 7.37. The van der Waals surface area contributed by atoms with Crippen LogP contribution in [0, 0.1) is 5.92 Å². The molecular weight excluding hydrogens is 322 g/mol. The quantitative estimate of drug-likeness (QED) is 0.631. The Morgan fingerprint density at radius 3 is 2.92 bits per heavy atom. The van der Waals surface area contributed by atoms with Crippen molar-refractivity contribution < 1.29 is 9.84 Å². The maximum Gasteiger partial charge on any atom is 0.193 e. The highest BCUT2D eigenvalue weighted by atomic mass is 32.2. The van der Waals surface area contributed by atoms with Crippen LogP contribution in [0.5, 0.6) is 11.5 Å². The van der Waals surface area contributed by atoms with E-state index in [1.165, 1.54) is 0 Å². The number of methoxy groups -OCH3 is 1. The lowest BCUT2D eigenvalue weighted by molar-refractivity contribution is 0.381. The van der Waals surface area contributed by atoms with Crippen LogP contribution >= 0.6 is 11.8 Å². The van der Waals surface area contributed by atoms with Gasteiger partial charge in [0.25, 0.3) is 0 Å². The first kappa shape index (κ1) is 18.8. The summed E-state index contributed by atoms with van der Waals surface area (Å²) in [4.78, 5) is 6.77. The third-order valence-electron chi connectivity index (χ3n) is 4.32. The van der Waals surface area contributed by atoms with Gasteiger partial charge >= 0.3 is 0 Å². The normalized spacial score (nSPS) is 18.8. The number of hydrogen-bond acceptors (Lipinski definition) is 4. The van der Waals surface area contributed by atoms with Gasteiger partial charge in [-0.2, -0.15) is 11.8 Å². The molecule has 1 aliphatic heterocycles. The SMILES string of the molecule is CN=C(NCCc1ccc(OC)cc1O)N1CCSC(C(C)C)C1. The van der Waals surface area contributed by atoms with E-state index in [1.807, 2.05) is 19.2 Å². The van der Waals surface area contributed by atoms with Crippen LogP contribution in [-0.2, 0) is 6.42 Å². The van der Waals surface area contributed by atoms with Crippen LogP contribution in [-0.4, -0.2) is 60.8 Å². The van der Waals surface area contributed by atoms with Crippen molar-refractivity contribution in [3.05, 3.63) is 23.8 Å². The van der Waals surface area contributed by atoms with Gasteiger partial charge in [0.05, 0.1) is 7.11 Å². The zero-order chi connectivity index (χ0) is 17.5. The zero-order valence-corrected chi connectivity index (χ0v) is 15.9. The van der Waals surface area contributed by atoms with Crippen LogP contribution < -0.4 is 10.1 Å². The van der Waals surface area contributed by atoms with E-state index in [9.17, 15) is 5.11 Å². The molecule has 2 rings (SSSR count). The van der Waals surface area contributed by atoms with E-state index in [0.29, 0.717) is 16.9 Å². The van der Waals surface area contributed by atoms with Gasteiger partial charge < -0.3 is 20.1 Å². The molecule has 1 aromatic rings. The zero-order valence-electron chi connectivity index (χ0n) is 15.1. The van der Waals surface area contributed by atoms with Crippen molar-refractivity contribution in [2.24, 2.45) is 10.9 Å². The summed E-state index contributed by atoms with van der Waals surface area (Å²) in [6.07, 6.45) is 0.741. The summed E-state index contributed by atoms with van der Waals surface area (Å²) in [5.41, 5.74) is 0.910. The monoisotopic (exact) mass is 351 g/mol. The highest BCUT2D eigenvalue weighted by Crippen LogP contribution is 2.25.